The number of piperidine rings is 1. The minimum absolute atomic E-state index is 0.0566. The van der Waals surface area contributed by atoms with Gasteiger partial charge in [-0.3, -0.25) is 10.1 Å². The molecule has 0 bridgehead atoms. The number of amides is 1. The molecule has 2 atom stereocenters. The van der Waals surface area contributed by atoms with Gasteiger partial charge in [-0.05, 0) is 53.1 Å². The van der Waals surface area contributed by atoms with Gasteiger partial charge in [-0.25, -0.2) is 0 Å². The molecule has 1 amide bonds. The monoisotopic (exact) mass is 450 g/mol. The standard InChI is InChI=1S/C27H31ClN2O2/c1-18(2)25(29-26(31)24-9-5-7-21-6-3-4-8-23(21)24)27(32)30-16-14-20(15-17-30)19-10-12-22(28)13-11-19/h3-13,18,20,25-26,29,31H,14-17H2,1-2H3/t25?,26-/m1/s1. The second-order valence-electron chi connectivity index (χ2n) is 9.01. The average molecular weight is 451 g/mol. The van der Waals surface area contributed by atoms with Crippen LogP contribution >= 0.6 is 11.6 Å². The minimum Gasteiger partial charge on any atom is -0.374 e. The first-order chi connectivity index (χ1) is 15.4. The molecule has 4 nitrogen and oxygen atoms in total. The van der Waals surface area contributed by atoms with Crippen molar-refractivity contribution >= 4 is 28.3 Å². The number of nitrogens with zero attached hydrogens (tertiary/aromatic N) is 1. The fraction of sp³-hybridized carbons (Fsp3) is 0.370. The summed E-state index contributed by atoms with van der Waals surface area (Å²) >= 11 is 6.02. The van der Waals surface area contributed by atoms with Gasteiger partial charge in [-0.15, -0.1) is 0 Å². The normalized spacial score (nSPS) is 17.0. The van der Waals surface area contributed by atoms with Gasteiger partial charge >= 0.3 is 0 Å². The average Bonchev–Trinajstić information content (AvgIpc) is 2.82. The predicted molar refractivity (Wildman–Crippen MR) is 131 cm³/mol. The highest BCUT2D eigenvalue weighted by Gasteiger charge is 2.32. The van der Waals surface area contributed by atoms with Crippen LogP contribution in [0.1, 0.15) is 50.0 Å². The highest BCUT2D eigenvalue weighted by molar-refractivity contribution is 6.30. The van der Waals surface area contributed by atoms with E-state index in [0.29, 0.717) is 5.92 Å². The van der Waals surface area contributed by atoms with Gasteiger partial charge < -0.3 is 10.0 Å². The zero-order valence-electron chi connectivity index (χ0n) is 18.7. The maximum Gasteiger partial charge on any atom is 0.240 e. The molecule has 1 unspecified atom stereocenters. The first-order valence-corrected chi connectivity index (χ1v) is 11.8. The van der Waals surface area contributed by atoms with Crippen molar-refractivity contribution in [3.63, 3.8) is 0 Å². The summed E-state index contributed by atoms with van der Waals surface area (Å²) in [5, 5.41) is 17.0. The molecule has 3 aromatic rings. The largest absolute Gasteiger partial charge is 0.374 e. The number of carbonyl (C=O) groups is 1. The van der Waals surface area contributed by atoms with E-state index in [1.54, 1.807) is 0 Å². The lowest BCUT2D eigenvalue weighted by Crippen LogP contribution is -2.52. The predicted octanol–water partition coefficient (Wildman–Crippen LogP) is 5.50. The molecule has 1 aliphatic heterocycles. The van der Waals surface area contributed by atoms with Crippen LogP contribution in [0.15, 0.2) is 66.7 Å². The molecule has 1 aliphatic rings. The van der Waals surface area contributed by atoms with Crippen LogP contribution in [0.25, 0.3) is 10.8 Å². The lowest BCUT2D eigenvalue weighted by atomic mass is 9.89. The number of fused-ring (bicyclic) bond motifs is 1. The van der Waals surface area contributed by atoms with Crippen LogP contribution in [0.4, 0.5) is 0 Å². The van der Waals surface area contributed by atoms with Crippen LogP contribution in [0.3, 0.4) is 0 Å². The fourth-order valence-electron chi connectivity index (χ4n) is 4.66. The van der Waals surface area contributed by atoms with E-state index in [4.69, 9.17) is 11.6 Å². The van der Waals surface area contributed by atoms with E-state index >= 15 is 0 Å². The maximum atomic E-state index is 13.4. The van der Waals surface area contributed by atoms with E-state index in [1.807, 2.05) is 73.3 Å². The number of aliphatic hydroxyl groups is 1. The molecular formula is C27H31ClN2O2. The van der Waals surface area contributed by atoms with E-state index in [9.17, 15) is 9.90 Å². The Labute approximate surface area is 195 Å². The SMILES string of the molecule is CC(C)C(N[C@H](O)c1cccc2ccccc12)C(=O)N1CCC(c2ccc(Cl)cc2)CC1. The van der Waals surface area contributed by atoms with Crippen molar-refractivity contribution in [2.24, 2.45) is 5.92 Å². The van der Waals surface area contributed by atoms with Crippen LogP contribution in [0.2, 0.25) is 5.02 Å². The summed E-state index contributed by atoms with van der Waals surface area (Å²) < 4.78 is 0. The fourth-order valence-corrected chi connectivity index (χ4v) is 4.79. The summed E-state index contributed by atoms with van der Waals surface area (Å²) in [7, 11) is 0. The van der Waals surface area contributed by atoms with Crippen molar-refractivity contribution < 1.29 is 9.90 Å². The van der Waals surface area contributed by atoms with Crippen LogP contribution in [-0.4, -0.2) is 35.0 Å². The molecule has 0 saturated carbocycles. The highest BCUT2D eigenvalue weighted by atomic mass is 35.5. The summed E-state index contributed by atoms with van der Waals surface area (Å²) in [6, 6.07) is 21.5. The molecule has 5 heteroatoms. The number of likely N-dealkylation sites (tertiary alicyclic amines) is 1. The Morgan fingerprint density at radius 1 is 1.00 bits per heavy atom. The molecular weight excluding hydrogens is 420 g/mol. The number of carbonyl (C=O) groups excluding carboxylic acids is 1. The lowest BCUT2D eigenvalue weighted by Gasteiger charge is -2.36. The Morgan fingerprint density at radius 3 is 2.34 bits per heavy atom. The topological polar surface area (TPSA) is 52.6 Å². The Morgan fingerprint density at radius 2 is 1.66 bits per heavy atom. The van der Waals surface area contributed by atoms with Crippen LogP contribution < -0.4 is 5.32 Å². The Balaban J connectivity index is 1.43. The van der Waals surface area contributed by atoms with E-state index in [1.165, 1.54) is 5.56 Å². The third-order valence-corrected chi connectivity index (χ3v) is 6.79. The third-order valence-electron chi connectivity index (χ3n) is 6.54. The minimum atomic E-state index is -0.913. The summed E-state index contributed by atoms with van der Waals surface area (Å²) in [6.45, 7) is 5.49. The van der Waals surface area contributed by atoms with Crippen LogP contribution in [0.5, 0.6) is 0 Å². The molecule has 168 valence electrons. The molecule has 0 radical (unpaired) electrons. The Hall–Kier alpha value is -2.40. The zero-order chi connectivity index (χ0) is 22.7. The van der Waals surface area contributed by atoms with Gasteiger partial charge in [-0.1, -0.05) is 80.0 Å². The summed E-state index contributed by atoms with van der Waals surface area (Å²) in [6.07, 6.45) is 0.956. The summed E-state index contributed by atoms with van der Waals surface area (Å²) in [5.74, 6) is 0.568. The number of hydrogen-bond acceptors (Lipinski definition) is 3. The molecule has 1 fully saturated rings. The Bertz CT molecular complexity index is 1050. The van der Waals surface area contributed by atoms with Crippen LogP contribution in [-0.2, 0) is 4.79 Å². The van der Waals surface area contributed by atoms with Gasteiger partial charge in [-0.2, -0.15) is 0 Å². The first kappa shape index (κ1) is 22.8. The van der Waals surface area contributed by atoms with E-state index < -0.39 is 12.3 Å². The summed E-state index contributed by atoms with van der Waals surface area (Å²) in [4.78, 5) is 15.3. The molecule has 0 aliphatic carbocycles. The Kier molecular flexibility index (Phi) is 7.14. The molecule has 1 saturated heterocycles. The second kappa shape index (κ2) is 10.0. The van der Waals surface area contributed by atoms with Gasteiger partial charge in [0.1, 0.15) is 6.23 Å². The van der Waals surface area contributed by atoms with E-state index in [2.05, 4.69) is 17.4 Å². The van der Waals surface area contributed by atoms with Crippen molar-refractivity contribution in [2.75, 3.05) is 13.1 Å². The number of aliphatic hydroxyl groups excluding tert-OH is 1. The third kappa shape index (κ3) is 4.98. The van der Waals surface area contributed by atoms with Crippen molar-refractivity contribution in [3.8, 4) is 0 Å². The quantitative estimate of drug-likeness (QED) is 0.487. The second-order valence-corrected chi connectivity index (χ2v) is 9.45. The molecule has 0 aromatic heterocycles. The summed E-state index contributed by atoms with van der Waals surface area (Å²) in [5.41, 5.74) is 2.08. The zero-order valence-corrected chi connectivity index (χ0v) is 19.4. The highest BCUT2D eigenvalue weighted by Crippen LogP contribution is 2.30. The van der Waals surface area contributed by atoms with Crippen LogP contribution in [0, 0.1) is 5.92 Å². The van der Waals surface area contributed by atoms with E-state index in [0.717, 1.165) is 47.3 Å². The van der Waals surface area contributed by atoms with Gasteiger partial charge in [0, 0.05) is 23.7 Å². The molecule has 32 heavy (non-hydrogen) atoms. The van der Waals surface area contributed by atoms with Gasteiger partial charge in [0.25, 0.3) is 0 Å². The lowest BCUT2D eigenvalue weighted by molar-refractivity contribution is -0.136. The molecule has 4 rings (SSSR count). The molecule has 0 spiro atoms. The van der Waals surface area contributed by atoms with Crippen molar-refractivity contribution in [1.29, 1.82) is 0 Å². The number of halogens is 1. The van der Waals surface area contributed by atoms with Gasteiger partial charge in [0.2, 0.25) is 5.91 Å². The number of benzene rings is 3. The number of rotatable bonds is 6. The maximum absolute atomic E-state index is 13.4. The van der Waals surface area contributed by atoms with E-state index in [-0.39, 0.29) is 11.8 Å². The first-order valence-electron chi connectivity index (χ1n) is 11.4. The molecule has 3 aromatic carbocycles. The number of nitrogens with one attached hydrogen (secondary N) is 1. The molecule has 2 N–H and O–H groups in total. The van der Waals surface area contributed by atoms with Gasteiger partial charge in [0.05, 0.1) is 6.04 Å². The molecule has 1 heterocycles. The smallest absolute Gasteiger partial charge is 0.240 e. The van der Waals surface area contributed by atoms with Crippen molar-refractivity contribution in [3.05, 3.63) is 82.9 Å². The number of hydrogen-bond donors (Lipinski definition) is 2. The van der Waals surface area contributed by atoms with Crippen molar-refractivity contribution in [2.45, 2.75) is 44.9 Å². The van der Waals surface area contributed by atoms with Gasteiger partial charge in [0.15, 0.2) is 0 Å². The van der Waals surface area contributed by atoms with Crippen molar-refractivity contribution in [1.82, 2.24) is 10.2 Å².